The number of rotatable bonds is 4. The molecular weight excluding hydrogens is 352 g/mol. The van der Waals surface area contributed by atoms with Gasteiger partial charge in [-0.25, -0.2) is 0 Å². The summed E-state index contributed by atoms with van der Waals surface area (Å²) >= 11 is 3.47. The Kier molecular flexibility index (Phi) is 4.63. The molecule has 23 heavy (non-hydrogen) atoms. The number of aliphatic imine (C=N–C) groups is 1. The minimum Gasteiger partial charge on any atom is -0.497 e. The zero-order valence-corrected chi connectivity index (χ0v) is 14.6. The average Bonchev–Trinajstić information content (AvgIpc) is 2.94. The molecule has 1 aromatic heterocycles. The van der Waals surface area contributed by atoms with Crippen molar-refractivity contribution in [3.63, 3.8) is 0 Å². The monoisotopic (exact) mass is 368 g/mol. The lowest BCUT2D eigenvalue weighted by Crippen LogP contribution is -2.01. The van der Waals surface area contributed by atoms with Gasteiger partial charge < -0.3 is 9.30 Å². The molecule has 0 bridgehead atoms. The van der Waals surface area contributed by atoms with Crippen molar-refractivity contribution >= 4 is 27.8 Å². The lowest BCUT2D eigenvalue weighted by Gasteiger charge is -2.10. The van der Waals surface area contributed by atoms with Crippen LogP contribution in [0.3, 0.4) is 0 Å². The summed E-state index contributed by atoms with van der Waals surface area (Å²) in [4.78, 5) is 4.57. The van der Waals surface area contributed by atoms with Gasteiger partial charge in [-0.05, 0) is 61.5 Å². The Bertz CT molecular complexity index is 835. The first-order valence-electron chi connectivity index (χ1n) is 7.30. The fourth-order valence-electron chi connectivity index (χ4n) is 2.44. The minimum atomic E-state index is 0.850. The smallest absolute Gasteiger partial charge is 0.119 e. The molecular formula is C19H17BrN2O. The van der Waals surface area contributed by atoms with Crippen LogP contribution >= 0.6 is 15.9 Å². The summed E-state index contributed by atoms with van der Waals surface area (Å²) in [6, 6.07) is 20.1. The van der Waals surface area contributed by atoms with E-state index in [1.165, 1.54) is 0 Å². The van der Waals surface area contributed by atoms with E-state index in [0.717, 1.165) is 33.0 Å². The molecule has 0 unspecified atom stereocenters. The van der Waals surface area contributed by atoms with Gasteiger partial charge in [0, 0.05) is 15.9 Å². The number of methoxy groups -OCH3 is 1. The van der Waals surface area contributed by atoms with E-state index in [-0.39, 0.29) is 0 Å². The molecule has 4 heteroatoms. The highest BCUT2D eigenvalue weighted by atomic mass is 79.9. The van der Waals surface area contributed by atoms with E-state index in [1.54, 1.807) is 7.11 Å². The molecule has 0 radical (unpaired) electrons. The Morgan fingerprint density at radius 2 is 1.83 bits per heavy atom. The van der Waals surface area contributed by atoms with E-state index >= 15 is 0 Å². The standard InChI is InChI=1S/C19H17BrN2O/c1-14-6-7-18(13-21-16-5-3-4-15(20)12-16)22(14)17-8-10-19(23-2)11-9-17/h3-13H,1-2H3. The Morgan fingerprint density at radius 3 is 2.52 bits per heavy atom. The van der Waals surface area contributed by atoms with E-state index < -0.39 is 0 Å². The summed E-state index contributed by atoms with van der Waals surface area (Å²) in [6.45, 7) is 2.08. The molecule has 0 saturated heterocycles. The molecule has 0 fully saturated rings. The van der Waals surface area contributed by atoms with Gasteiger partial charge in [0.05, 0.1) is 24.7 Å². The summed E-state index contributed by atoms with van der Waals surface area (Å²) in [5.41, 5.74) is 4.20. The molecule has 0 aliphatic carbocycles. The number of aryl methyl sites for hydroxylation is 1. The van der Waals surface area contributed by atoms with Crippen molar-refractivity contribution in [2.75, 3.05) is 7.11 Å². The second kappa shape index (κ2) is 6.84. The van der Waals surface area contributed by atoms with E-state index in [1.807, 2.05) is 54.7 Å². The number of nitrogens with zero attached hydrogens (tertiary/aromatic N) is 2. The van der Waals surface area contributed by atoms with E-state index in [2.05, 4.69) is 44.5 Å². The Morgan fingerprint density at radius 1 is 1.04 bits per heavy atom. The predicted molar refractivity (Wildman–Crippen MR) is 98.5 cm³/mol. The molecule has 3 rings (SSSR count). The van der Waals surface area contributed by atoms with E-state index in [9.17, 15) is 0 Å². The lowest BCUT2D eigenvalue weighted by atomic mass is 10.3. The Labute approximate surface area is 144 Å². The fourth-order valence-corrected chi connectivity index (χ4v) is 2.83. The summed E-state index contributed by atoms with van der Waals surface area (Å²) in [5.74, 6) is 0.850. The SMILES string of the molecule is COc1ccc(-n2c(C)ccc2C=Nc2cccc(Br)c2)cc1. The predicted octanol–water partition coefficient (Wildman–Crippen LogP) is 5.31. The molecule has 0 N–H and O–H groups in total. The van der Waals surface area contributed by atoms with Crippen molar-refractivity contribution < 1.29 is 4.74 Å². The maximum Gasteiger partial charge on any atom is 0.119 e. The van der Waals surface area contributed by atoms with Crippen LogP contribution < -0.4 is 4.74 Å². The zero-order valence-electron chi connectivity index (χ0n) is 13.0. The Balaban J connectivity index is 1.95. The van der Waals surface area contributed by atoms with Crippen LogP contribution in [0.1, 0.15) is 11.4 Å². The van der Waals surface area contributed by atoms with Gasteiger partial charge in [0.25, 0.3) is 0 Å². The molecule has 0 aliphatic heterocycles. The van der Waals surface area contributed by atoms with Crippen molar-refractivity contribution in [2.24, 2.45) is 4.99 Å². The molecule has 3 nitrogen and oxygen atoms in total. The van der Waals surface area contributed by atoms with Crippen molar-refractivity contribution in [1.82, 2.24) is 4.57 Å². The summed E-state index contributed by atoms with van der Waals surface area (Å²) in [7, 11) is 1.67. The van der Waals surface area contributed by atoms with Crippen LogP contribution in [-0.4, -0.2) is 17.9 Å². The first-order valence-corrected chi connectivity index (χ1v) is 8.09. The number of benzene rings is 2. The summed E-state index contributed by atoms with van der Waals surface area (Å²) < 4.78 is 8.41. The van der Waals surface area contributed by atoms with Crippen molar-refractivity contribution in [1.29, 1.82) is 0 Å². The molecule has 3 aromatic rings. The molecule has 2 aromatic carbocycles. The van der Waals surface area contributed by atoms with Gasteiger partial charge in [0.2, 0.25) is 0 Å². The molecule has 0 atom stereocenters. The van der Waals surface area contributed by atoms with Crippen LogP contribution in [0.25, 0.3) is 5.69 Å². The third kappa shape index (κ3) is 3.54. The molecule has 0 saturated carbocycles. The number of ether oxygens (including phenoxy) is 1. The van der Waals surface area contributed by atoms with Crippen LogP contribution in [0.4, 0.5) is 5.69 Å². The molecule has 0 spiro atoms. The molecule has 0 amide bonds. The maximum absolute atomic E-state index is 5.22. The van der Waals surface area contributed by atoms with Gasteiger partial charge in [-0.2, -0.15) is 0 Å². The third-order valence-electron chi connectivity index (χ3n) is 3.59. The normalized spacial score (nSPS) is 11.1. The topological polar surface area (TPSA) is 26.5 Å². The Hall–Kier alpha value is -2.33. The lowest BCUT2D eigenvalue weighted by molar-refractivity contribution is 0.414. The van der Waals surface area contributed by atoms with Crippen LogP contribution in [-0.2, 0) is 0 Å². The molecule has 0 aliphatic rings. The van der Waals surface area contributed by atoms with Crippen molar-refractivity contribution in [3.8, 4) is 11.4 Å². The average molecular weight is 369 g/mol. The fraction of sp³-hybridized carbons (Fsp3) is 0.105. The quantitative estimate of drug-likeness (QED) is 0.573. The van der Waals surface area contributed by atoms with Crippen LogP contribution in [0.15, 0.2) is 70.1 Å². The second-order valence-electron chi connectivity index (χ2n) is 5.17. The highest BCUT2D eigenvalue weighted by Crippen LogP contribution is 2.21. The van der Waals surface area contributed by atoms with Crippen LogP contribution in [0.2, 0.25) is 0 Å². The van der Waals surface area contributed by atoms with Crippen LogP contribution in [0.5, 0.6) is 5.75 Å². The summed E-state index contributed by atoms with van der Waals surface area (Å²) in [6.07, 6.45) is 1.89. The second-order valence-corrected chi connectivity index (χ2v) is 6.09. The van der Waals surface area contributed by atoms with Gasteiger partial charge in [-0.1, -0.05) is 22.0 Å². The largest absolute Gasteiger partial charge is 0.497 e. The zero-order chi connectivity index (χ0) is 16.2. The first kappa shape index (κ1) is 15.6. The highest BCUT2D eigenvalue weighted by Gasteiger charge is 2.06. The van der Waals surface area contributed by atoms with Gasteiger partial charge >= 0.3 is 0 Å². The number of hydrogen-bond donors (Lipinski definition) is 0. The number of halogens is 1. The third-order valence-corrected chi connectivity index (χ3v) is 4.08. The van der Waals surface area contributed by atoms with Crippen molar-refractivity contribution in [3.05, 3.63) is 76.5 Å². The minimum absolute atomic E-state index is 0.850. The van der Waals surface area contributed by atoms with E-state index in [4.69, 9.17) is 4.74 Å². The van der Waals surface area contributed by atoms with Gasteiger partial charge in [0.1, 0.15) is 5.75 Å². The van der Waals surface area contributed by atoms with Crippen LogP contribution in [0, 0.1) is 6.92 Å². The maximum atomic E-state index is 5.22. The highest BCUT2D eigenvalue weighted by molar-refractivity contribution is 9.10. The van der Waals surface area contributed by atoms with Gasteiger partial charge in [0.15, 0.2) is 0 Å². The number of hydrogen-bond acceptors (Lipinski definition) is 2. The number of aromatic nitrogens is 1. The van der Waals surface area contributed by atoms with Gasteiger partial charge in [-0.15, -0.1) is 0 Å². The van der Waals surface area contributed by atoms with Crippen molar-refractivity contribution in [2.45, 2.75) is 6.92 Å². The summed E-state index contributed by atoms with van der Waals surface area (Å²) in [5, 5.41) is 0. The first-order chi connectivity index (χ1) is 11.2. The molecule has 1 heterocycles. The van der Waals surface area contributed by atoms with E-state index in [0.29, 0.717) is 0 Å². The van der Waals surface area contributed by atoms with Gasteiger partial charge in [-0.3, -0.25) is 4.99 Å². The molecule has 116 valence electrons.